The van der Waals surface area contributed by atoms with Gasteiger partial charge in [0.1, 0.15) is 0 Å². The average molecular weight is 517 g/mol. The second-order valence-electron chi connectivity index (χ2n) is 7.88. The molecule has 1 aromatic carbocycles. The third kappa shape index (κ3) is 5.62. The SMILES string of the molecule is CCOC(=O)C1=C(C(F)(F)F)N=C2SC=C(CC(=O)NCCc3ccccn3)N2C1c1ccccc1. The van der Waals surface area contributed by atoms with Crippen LogP contribution in [0, 0.1) is 0 Å². The number of hydrogen-bond donors (Lipinski definition) is 1. The average Bonchev–Trinajstić information content (AvgIpc) is 3.26. The summed E-state index contributed by atoms with van der Waals surface area (Å²) in [5.74, 6) is -1.41. The fraction of sp³-hybridized carbons (Fsp3) is 0.280. The Morgan fingerprint density at radius 2 is 1.89 bits per heavy atom. The number of aromatic nitrogens is 1. The number of thioether (sulfide) groups is 1. The zero-order valence-corrected chi connectivity index (χ0v) is 20.1. The Hall–Kier alpha value is -3.60. The van der Waals surface area contributed by atoms with Crippen molar-refractivity contribution in [3.8, 4) is 0 Å². The number of aliphatic imine (C=N–C) groups is 1. The molecule has 0 fully saturated rings. The normalized spacial score (nSPS) is 17.3. The van der Waals surface area contributed by atoms with Gasteiger partial charge in [0.2, 0.25) is 5.91 Å². The number of nitrogens with zero attached hydrogens (tertiary/aromatic N) is 3. The molecular formula is C25H23F3N4O3S. The summed E-state index contributed by atoms with van der Waals surface area (Å²) in [5.41, 5.74) is -0.192. The van der Waals surface area contributed by atoms with Gasteiger partial charge in [-0.05, 0) is 30.0 Å². The molecule has 2 aliphatic rings. The van der Waals surface area contributed by atoms with Crippen LogP contribution < -0.4 is 5.32 Å². The first-order chi connectivity index (χ1) is 17.3. The Balaban J connectivity index is 1.62. The second kappa shape index (κ2) is 11.0. The molecule has 4 rings (SSSR count). The maximum Gasteiger partial charge on any atom is 0.434 e. The minimum atomic E-state index is -4.87. The number of amides is 1. The Bertz CT molecular complexity index is 1210. The predicted octanol–water partition coefficient (Wildman–Crippen LogP) is 4.51. The Kier molecular flexibility index (Phi) is 7.78. The molecule has 0 bridgehead atoms. The number of hydrogen-bond acceptors (Lipinski definition) is 7. The molecule has 36 heavy (non-hydrogen) atoms. The molecule has 1 unspecified atom stereocenters. The lowest BCUT2D eigenvalue weighted by Gasteiger charge is -2.36. The highest BCUT2D eigenvalue weighted by Gasteiger charge is 2.49. The van der Waals surface area contributed by atoms with Crippen LogP contribution in [0.15, 0.2) is 82.1 Å². The summed E-state index contributed by atoms with van der Waals surface area (Å²) in [7, 11) is 0. The molecular weight excluding hydrogens is 493 g/mol. The van der Waals surface area contributed by atoms with E-state index in [1.54, 1.807) is 48.0 Å². The second-order valence-corrected chi connectivity index (χ2v) is 8.72. The van der Waals surface area contributed by atoms with Gasteiger partial charge in [-0.2, -0.15) is 13.2 Å². The molecule has 1 aromatic heterocycles. The molecule has 11 heteroatoms. The highest BCUT2D eigenvalue weighted by atomic mass is 32.2. The summed E-state index contributed by atoms with van der Waals surface area (Å²) >= 11 is 0.980. The zero-order chi connectivity index (χ0) is 25.7. The smallest absolute Gasteiger partial charge is 0.434 e. The van der Waals surface area contributed by atoms with E-state index >= 15 is 0 Å². The van der Waals surface area contributed by atoms with E-state index in [2.05, 4.69) is 15.3 Å². The number of carbonyl (C=O) groups is 2. The van der Waals surface area contributed by atoms with Crippen LogP contribution in [0.25, 0.3) is 0 Å². The van der Waals surface area contributed by atoms with Gasteiger partial charge in [0.25, 0.3) is 0 Å². The molecule has 7 nitrogen and oxygen atoms in total. The molecule has 1 N–H and O–H groups in total. The minimum Gasteiger partial charge on any atom is -0.463 e. The number of nitrogens with one attached hydrogen (secondary N) is 1. The van der Waals surface area contributed by atoms with Crippen molar-refractivity contribution in [3.63, 3.8) is 0 Å². The summed E-state index contributed by atoms with van der Waals surface area (Å²) in [5, 5.41) is 4.45. The van der Waals surface area contributed by atoms with Crippen molar-refractivity contribution >= 4 is 28.8 Å². The number of halogens is 3. The van der Waals surface area contributed by atoms with E-state index in [0.717, 1.165) is 17.5 Å². The summed E-state index contributed by atoms with van der Waals surface area (Å²) < 4.78 is 47.1. The number of fused-ring (bicyclic) bond motifs is 1. The highest BCUT2D eigenvalue weighted by molar-refractivity contribution is 8.16. The van der Waals surface area contributed by atoms with Gasteiger partial charge in [-0.3, -0.25) is 9.78 Å². The number of alkyl halides is 3. The number of rotatable bonds is 8. The molecule has 188 valence electrons. The molecule has 0 saturated heterocycles. The van der Waals surface area contributed by atoms with E-state index in [-0.39, 0.29) is 24.1 Å². The number of allylic oxidation sites excluding steroid dienone is 1. The molecule has 1 atom stereocenters. The van der Waals surface area contributed by atoms with Crippen molar-refractivity contribution in [2.75, 3.05) is 13.2 Å². The summed E-state index contributed by atoms with van der Waals surface area (Å²) in [4.78, 5) is 35.1. The van der Waals surface area contributed by atoms with Crippen molar-refractivity contribution in [3.05, 3.63) is 88.4 Å². The fourth-order valence-electron chi connectivity index (χ4n) is 3.94. The highest BCUT2D eigenvalue weighted by Crippen LogP contribution is 2.48. The first kappa shape index (κ1) is 25.5. The molecule has 0 aliphatic carbocycles. The quantitative estimate of drug-likeness (QED) is 0.520. The van der Waals surface area contributed by atoms with Crippen molar-refractivity contribution < 1.29 is 27.5 Å². The Morgan fingerprint density at radius 1 is 1.14 bits per heavy atom. The first-order valence-electron chi connectivity index (χ1n) is 11.2. The van der Waals surface area contributed by atoms with Gasteiger partial charge in [-0.25, -0.2) is 9.79 Å². The first-order valence-corrected chi connectivity index (χ1v) is 12.1. The third-order valence-corrected chi connectivity index (χ3v) is 6.35. The van der Waals surface area contributed by atoms with Gasteiger partial charge in [0, 0.05) is 30.6 Å². The lowest BCUT2D eigenvalue weighted by Crippen LogP contribution is -2.40. The standard InChI is InChI=1S/C25H23F3N4O3S/c1-2-35-23(34)20-21(16-8-4-3-5-9-16)32-18(15-36-24(32)31-22(20)25(26,27)28)14-19(33)30-13-11-17-10-6-7-12-29-17/h3-10,12,15,21H,2,11,13-14H2,1H3,(H,30,33). The van der Waals surface area contributed by atoms with Gasteiger partial charge in [0.05, 0.1) is 24.6 Å². The molecule has 3 heterocycles. The molecule has 0 radical (unpaired) electrons. The van der Waals surface area contributed by atoms with Crippen molar-refractivity contribution in [1.29, 1.82) is 0 Å². The summed E-state index contributed by atoms with van der Waals surface area (Å²) in [6.07, 6.45) is -2.77. The van der Waals surface area contributed by atoms with Crippen LogP contribution in [0.5, 0.6) is 0 Å². The van der Waals surface area contributed by atoms with Crippen LogP contribution in [0.2, 0.25) is 0 Å². The van der Waals surface area contributed by atoms with Crippen LogP contribution in [-0.4, -0.2) is 46.3 Å². The molecule has 0 spiro atoms. The minimum absolute atomic E-state index is 0.0421. The van der Waals surface area contributed by atoms with Gasteiger partial charge in [-0.1, -0.05) is 48.2 Å². The zero-order valence-electron chi connectivity index (χ0n) is 19.3. The van der Waals surface area contributed by atoms with E-state index < -0.39 is 29.5 Å². The number of pyridine rings is 1. The van der Waals surface area contributed by atoms with Crippen LogP contribution >= 0.6 is 11.8 Å². The lowest BCUT2D eigenvalue weighted by molar-refractivity contribution is -0.140. The van der Waals surface area contributed by atoms with E-state index in [1.165, 1.54) is 11.8 Å². The largest absolute Gasteiger partial charge is 0.463 e. The van der Waals surface area contributed by atoms with E-state index in [9.17, 15) is 22.8 Å². The number of amidine groups is 1. The van der Waals surface area contributed by atoms with Gasteiger partial charge in [-0.15, -0.1) is 0 Å². The summed E-state index contributed by atoms with van der Waals surface area (Å²) in [6.45, 7) is 1.78. The topological polar surface area (TPSA) is 83.9 Å². The van der Waals surface area contributed by atoms with E-state index in [0.29, 0.717) is 24.2 Å². The number of benzene rings is 1. The fourth-order valence-corrected chi connectivity index (χ4v) is 4.86. The van der Waals surface area contributed by atoms with Crippen LogP contribution in [0.4, 0.5) is 13.2 Å². The monoisotopic (exact) mass is 516 g/mol. The molecule has 0 saturated carbocycles. The van der Waals surface area contributed by atoms with Crippen LogP contribution in [0.3, 0.4) is 0 Å². The van der Waals surface area contributed by atoms with Gasteiger partial charge in [0.15, 0.2) is 10.9 Å². The van der Waals surface area contributed by atoms with Crippen LogP contribution in [-0.2, 0) is 20.7 Å². The molecule has 2 aromatic rings. The maximum absolute atomic E-state index is 14.0. The van der Waals surface area contributed by atoms with Crippen molar-refractivity contribution in [2.45, 2.75) is 32.0 Å². The maximum atomic E-state index is 14.0. The third-order valence-electron chi connectivity index (χ3n) is 5.46. The van der Waals surface area contributed by atoms with E-state index in [1.807, 2.05) is 12.1 Å². The van der Waals surface area contributed by atoms with Crippen molar-refractivity contribution in [1.82, 2.24) is 15.2 Å². The molecule has 1 amide bonds. The number of ether oxygens (including phenoxy) is 1. The molecule has 2 aliphatic heterocycles. The number of carbonyl (C=O) groups excluding carboxylic acids is 2. The van der Waals surface area contributed by atoms with Gasteiger partial charge >= 0.3 is 12.1 Å². The Labute approximate surface area is 210 Å². The van der Waals surface area contributed by atoms with E-state index in [4.69, 9.17) is 4.74 Å². The van der Waals surface area contributed by atoms with Crippen molar-refractivity contribution in [2.24, 2.45) is 4.99 Å². The predicted molar refractivity (Wildman–Crippen MR) is 129 cm³/mol. The van der Waals surface area contributed by atoms with Crippen LogP contribution in [0.1, 0.15) is 30.6 Å². The summed E-state index contributed by atoms with van der Waals surface area (Å²) in [6, 6.07) is 12.7. The van der Waals surface area contributed by atoms with Gasteiger partial charge < -0.3 is 15.0 Å². The Morgan fingerprint density at radius 3 is 2.56 bits per heavy atom. The number of esters is 1. The lowest BCUT2D eigenvalue weighted by atomic mass is 9.93.